The summed E-state index contributed by atoms with van der Waals surface area (Å²) in [4.78, 5) is 25.4. The Hall–Kier alpha value is -3.00. The van der Waals surface area contributed by atoms with Gasteiger partial charge in [-0.3, -0.25) is 4.79 Å². The Morgan fingerprint density at radius 2 is 1.91 bits per heavy atom. The van der Waals surface area contributed by atoms with E-state index in [2.05, 4.69) is 19.9 Å². The molecule has 8 heteroatoms. The molecule has 34 heavy (non-hydrogen) atoms. The third kappa shape index (κ3) is 6.11. The summed E-state index contributed by atoms with van der Waals surface area (Å²) < 4.78 is 18.2. The number of nitrogens with one attached hydrogen (secondary N) is 1. The number of aliphatic hydroxyl groups excluding tert-OH is 1. The van der Waals surface area contributed by atoms with E-state index in [0.29, 0.717) is 17.9 Å². The molecule has 0 unspecified atom stereocenters. The molecule has 2 fully saturated rings. The number of fused-ring (bicyclic) bond motifs is 1. The van der Waals surface area contributed by atoms with Gasteiger partial charge < -0.3 is 19.7 Å². The molecular weight excluding hydrogens is 435 g/mol. The maximum Gasteiger partial charge on any atom is 0.308 e. The number of aromatic nitrogens is 3. The molecule has 7 nitrogen and oxygen atoms in total. The van der Waals surface area contributed by atoms with E-state index in [-0.39, 0.29) is 23.8 Å². The number of nitrogens with zero attached hydrogens (tertiary/aromatic N) is 3. The second-order valence-corrected chi connectivity index (χ2v) is 8.96. The van der Waals surface area contributed by atoms with Crippen molar-refractivity contribution in [2.45, 2.75) is 58.0 Å². The number of anilines is 1. The summed E-state index contributed by atoms with van der Waals surface area (Å²) in [6.07, 6.45) is 8.90. The van der Waals surface area contributed by atoms with Crippen LogP contribution in [0.15, 0.2) is 36.5 Å². The number of aliphatic hydroxyl groups is 1. The van der Waals surface area contributed by atoms with Crippen LogP contribution in [-0.4, -0.2) is 51.8 Å². The maximum atomic E-state index is 13.3. The van der Waals surface area contributed by atoms with Gasteiger partial charge in [0.1, 0.15) is 17.5 Å². The molecule has 2 N–H and O–H groups in total. The van der Waals surface area contributed by atoms with E-state index in [1.165, 1.54) is 31.4 Å². The third-order valence-electron chi connectivity index (χ3n) is 6.48. The second-order valence-electron chi connectivity index (χ2n) is 8.96. The molecule has 1 aliphatic carbocycles. The summed E-state index contributed by atoms with van der Waals surface area (Å²) in [5, 5.41) is 9.57. The Labute approximate surface area is 199 Å². The minimum Gasteiger partial charge on any atom is -0.466 e. The molecule has 2 aliphatic rings. The molecule has 0 bridgehead atoms. The number of halogens is 1. The molecule has 3 heterocycles. The Morgan fingerprint density at radius 1 is 1.15 bits per heavy atom. The first-order valence-corrected chi connectivity index (χ1v) is 12.2. The number of H-pyrrole nitrogens is 1. The zero-order valence-electron chi connectivity index (χ0n) is 19.7. The van der Waals surface area contributed by atoms with Gasteiger partial charge in [0.25, 0.3) is 0 Å². The van der Waals surface area contributed by atoms with Crippen molar-refractivity contribution in [3.05, 3.63) is 42.3 Å². The van der Waals surface area contributed by atoms with Gasteiger partial charge in [0, 0.05) is 24.8 Å². The Kier molecular flexibility index (Phi) is 8.11. The molecule has 1 saturated carbocycles. The van der Waals surface area contributed by atoms with Crippen LogP contribution in [0, 0.1) is 11.7 Å². The lowest BCUT2D eigenvalue weighted by Gasteiger charge is -2.30. The smallest absolute Gasteiger partial charge is 0.308 e. The Balaban J connectivity index is 0.000000210. The molecule has 0 spiro atoms. The number of pyridine rings is 1. The largest absolute Gasteiger partial charge is 0.466 e. The van der Waals surface area contributed by atoms with Crippen molar-refractivity contribution in [2.75, 3.05) is 24.6 Å². The molecule has 5 rings (SSSR count). The first kappa shape index (κ1) is 24.1. The fourth-order valence-electron chi connectivity index (χ4n) is 4.53. The Bertz CT molecular complexity index is 1070. The van der Waals surface area contributed by atoms with Gasteiger partial charge in [0.15, 0.2) is 0 Å². The summed E-state index contributed by atoms with van der Waals surface area (Å²) in [7, 11) is 0. The lowest BCUT2D eigenvalue weighted by Crippen LogP contribution is -2.36. The van der Waals surface area contributed by atoms with Crippen LogP contribution in [0.4, 0.5) is 10.2 Å². The average molecular weight is 469 g/mol. The maximum absolute atomic E-state index is 13.3. The number of piperidine rings is 1. The molecule has 1 aliphatic heterocycles. The first-order chi connectivity index (χ1) is 16.5. The van der Waals surface area contributed by atoms with Crippen molar-refractivity contribution in [1.82, 2.24) is 15.0 Å². The van der Waals surface area contributed by atoms with Gasteiger partial charge in [-0.2, -0.15) is 0 Å². The van der Waals surface area contributed by atoms with E-state index in [1.807, 2.05) is 19.1 Å². The number of carbonyl (C=O) groups excluding carboxylic acids is 1. The summed E-state index contributed by atoms with van der Waals surface area (Å²) in [6.45, 7) is 4.02. The van der Waals surface area contributed by atoms with E-state index in [9.17, 15) is 14.3 Å². The summed E-state index contributed by atoms with van der Waals surface area (Å²) in [5.41, 5.74) is 2.27. The molecule has 3 aromatic rings. The highest BCUT2D eigenvalue weighted by Gasteiger charge is 2.21. The van der Waals surface area contributed by atoms with Crippen LogP contribution in [0.1, 0.15) is 51.9 Å². The molecule has 2 aromatic heterocycles. The minimum atomic E-state index is -0.284. The van der Waals surface area contributed by atoms with Crippen molar-refractivity contribution in [3.63, 3.8) is 0 Å². The predicted octanol–water partition coefficient (Wildman–Crippen LogP) is 4.85. The predicted molar refractivity (Wildman–Crippen MR) is 130 cm³/mol. The van der Waals surface area contributed by atoms with Gasteiger partial charge in [-0.05, 0) is 62.9 Å². The second kappa shape index (κ2) is 11.4. The van der Waals surface area contributed by atoms with Crippen molar-refractivity contribution in [2.24, 2.45) is 5.92 Å². The number of imidazole rings is 1. The molecule has 182 valence electrons. The van der Waals surface area contributed by atoms with Gasteiger partial charge in [0.05, 0.1) is 29.7 Å². The van der Waals surface area contributed by atoms with Gasteiger partial charge in [0.2, 0.25) is 0 Å². The number of carbonyl (C=O) groups is 1. The molecule has 1 saturated heterocycles. The fourth-order valence-corrected chi connectivity index (χ4v) is 4.53. The number of hydrogen-bond acceptors (Lipinski definition) is 6. The van der Waals surface area contributed by atoms with Gasteiger partial charge in [-0.15, -0.1) is 0 Å². The normalized spacial score (nSPS) is 17.3. The quantitative estimate of drug-likeness (QED) is 0.532. The molecule has 0 atom stereocenters. The van der Waals surface area contributed by atoms with Crippen molar-refractivity contribution >= 4 is 22.8 Å². The molecular formula is C26H33FN4O3. The molecule has 0 radical (unpaired) electrons. The number of esters is 1. The number of ether oxygens (including phenoxy) is 1. The van der Waals surface area contributed by atoms with E-state index in [1.54, 1.807) is 12.3 Å². The minimum absolute atomic E-state index is 0.0206. The topological polar surface area (TPSA) is 91.3 Å². The summed E-state index contributed by atoms with van der Waals surface area (Å²) in [5.74, 6) is 1.53. The first-order valence-electron chi connectivity index (χ1n) is 12.2. The highest BCUT2D eigenvalue weighted by molar-refractivity contribution is 5.79. The highest BCUT2D eigenvalue weighted by Crippen LogP contribution is 2.25. The van der Waals surface area contributed by atoms with E-state index in [0.717, 1.165) is 55.7 Å². The molecule has 0 amide bonds. The van der Waals surface area contributed by atoms with Crippen LogP contribution in [0.5, 0.6) is 0 Å². The van der Waals surface area contributed by atoms with Crippen molar-refractivity contribution < 1.29 is 19.0 Å². The third-order valence-corrected chi connectivity index (χ3v) is 6.48. The van der Waals surface area contributed by atoms with E-state index >= 15 is 0 Å². The van der Waals surface area contributed by atoms with Gasteiger partial charge >= 0.3 is 5.97 Å². The number of aromatic amines is 1. The zero-order valence-corrected chi connectivity index (χ0v) is 19.7. The lowest BCUT2D eigenvalue weighted by atomic mass is 9.89. The monoisotopic (exact) mass is 468 g/mol. The summed E-state index contributed by atoms with van der Waals surface area (Å²) >= 11 is 0. The molecule has 1 aromatic carbocycles. The van der Waals surface area contributed by atoms with Crippen LogP contribution in [0.25, 0.3) is 22.4 Å². The van der Waals surface area contributed by atoms with Crippen LogP contribution in [0.3, 0.4) is 0 Å². The van der Waals surface area contributed by atoms with Crippen LogP contribution in [0.2, 0.25) is 0 Å². The highest BCUT2D eigenvalue weighted by atomic mass is 19.1. The van der Waals surface area contributed by atoms with Gasteiger partial charge in [-0.25, -0.2) is 14.4 Å². The van der Waals surface area contributed by atoms with Crippen LogP contribution >= 0.6 is 0 Å². The van der Waals surface area contributed by atoms with Crippen molar-refractivity contribution in [1.29, 1.82) is 0 Å². The average Bonchev–Trinajstić information content (AvgIpc) is 3.29. The lowest BCUT2D eigenvalue weighted by molar-refractivity contribution is -0.149. The fraction of sp³-hybridized carbons (Fsp3) is 0.500. The Morgan fingerprint density at radius 3 is 2.59 bits per heavy atom. The van der Waals surface area contributed by atoms with E-state index in [4.69, 9.17) is 4.74 Å². The SMILES string of the molecule is CCOC(=O)C1CCCCC1.OC1CCN(c2ccc(-c3nc4ccc(F)cc4[nH]3)cn2)CC1. The zero-order chi connectivity index (χ0) is 23.9. The number of rotatable bonds is 4. The van der Waals surface area contributed by atoms with Crippen LogP contribution < -0.4 is 4.90 Å². The number of hydrogen-bond donors (Lipinski definition) is 2. The number of benzene rings is 1. The van der Waals surface area contributed by atoms with Crippen molar-refractivity contribution in [3.8, 4) is 11.4 Å². The summed E-state index contributed by atoms with van der Waals surface area (Å²) in [6, 6.07) is 8.42. The van der Waals surface area contributed by atoms with E-state index < -0.39 is 0 Å². The van der Waals surface area contributed by atoms with Crippen LogP contribution in [-0.2, 0) is 9.53 Å². The van der Waals surface area contributed by atoms with Gasteiger partial charge in [-0.1, -0.05) is 19.3 Å². The standard InChI is InChI=1S/C17H17FN4O.C9H16O2/c18-12-2-3-14-15(9-12)21-17(20-14)11-1-4-16(19-10-11)22-7-5-13(23)6-8-22;1-2-11-9(10)8-6-4-3-5-7-8/h1-4,9-10,13,23H,5-8H2,(H,20,21);8H,2-7H2,1H3.